The molecule has 0 spiro atoms. The van der Waals surface area contributed by atoms with Crippen molar-refractivity contribution in [1.29, 1.82) is 0 Å². The van der Waals surface area contributed by atoms with Crippen LogP contribution in [0.15, 0.2) is 79.4 Å². The number of carbonyl (C=O) groups is 1. The molecule has 0 unspecified atom stereocenters. The molecule has 3 rings (SSSR count). The Bertz CT molecular complexity index is 844. The quantitative estimate of drug-likeness (QED) is 0.506. The van der Waals surface area contributed by atoms with E-state index < -0.39 is 5.97 Å². The van der Waals surface area contributed by atoms with Crippen LogP contribution in [0.2, 0.25) is 0 Å². The molecule has 0 radical (unpaired) electrons. The molecule has 23 heavy (non-hydrogen) atoms. The molecular weight excluding hydrogens is 284 g/mol. The maximum Gasteiger partial charge on any atom is 0.330 e. The minimum absolute atomic E-state index is 0.272. The lowest BCUT2D eigenvalue weighted by Crippen LogP contribution is -2.00. The maximum absolute atomic E-state index is 11.2. The Hall–Kier alpha value is -2.87. The van der Waals surface area contributed by atoms with Crippen molar-refractivity contribution >= 4 is 16.7 Å². The lowest BCUT2D eigenvalue weighted by molar-refractivity contribution is -0.138. The van der Waals surface area contributed by atoms with Crippen molar-refractivity contribution in [2.45, 2.75) is 13.0 Å². The average molecular weight is 302 g/mol. The Morgan fingerprint density at radius 3 is 2.57 bits per heavy atom. The highest BCUT2D eigenvalue weighted by Crippen LogP contribution is 2.21. The summed E-state index contributed by atoms with van der Waals surface area (Å²) in [7, 11) is 0. The Labute approximate surface area is 136 Å². The maximum atomic E-state index is 11.2. The van der Waals surface area contributed by atoms with Gasteiger partial charge in [-0.1, -0.05) is 73.3 Å². The van der Waals surface area contributed by atoms with E-state index in [1.54, 1.807) is 0 Å². The van der Waals surface area contributed by atoms with Crippen molar-refractivity contribution in [3.05, 3.63) is 96.1 Å². The molecule has 0 N–H and O–H groups in total. The molecule has 0 saturated carbocycles. The number of benzene rings is 3. The van der Waals surface area contributed by atoms with Crippen LogP contribution in [-0.4, -0.2) is 5.97 Å². The van der Waals surface area contributed by atoms with Crippen LogP contribution in [0.25, 0.3) is 10.8 Å². The van der Waals surface area contributed by atoms with Crippen molar-refractivity contribution in [1.82, 2.24) is 0 Å². The van der Waals surface area contributed by atoms with E-state index in [9.17, 15) is 4.79 Å². The van der Waals surface area contributed by atoms with E-state index in [1.165, 1.54) is 28.0 Å². The second-order valence-corrected chi connectivity index (χ2v) is 5.45. The van der Waals surface area contributed by atoms with Crippen molar-refractivity contribution in [3.8, 4) is 0 Å². The van der Waals surface area contributed by atoms with Gasteiger partial charge in [-0.2, -0.15) is 0 Å². The molecule has 0 bridgehead atoms. The first-order valence-corrected chi connectivity index (χ1v) is 7.60. The fourth-order valence-corrected chi connectivity index (χ4v) is 2.71. The van der Waals surface area contributed by atoms with Crippen LogP contribution in [-0.2, 0) is 22.6 Å². The summed E-state index contributed by atoms with van der Waals surface area (Å²) < 4.78 is 5.10. The standard InChI is InChI=1S/C21H18O2/c1-2-21(22)23-15-17-8-5-7-16(13-17)14-19-11-6-10-18-9-3-4-12-20(18)19/h2-13H,1,14-15H2. The van der Waals surface area contributed by atoms with Gasteiger partial charge in [0.05, 0.1) is 0 Å². The number of esters is 1. The zero-order valence-electron chi connectivity index (χ0n) is 12.9. The average Bonchev–Trinajstić information content (AvgIpc) is 2.60. The molecule has 0 saturated heterocycles. The molecule has 0 atom stereocenters. The Balaban J connectivity index is 1.82. The summed E-state index contributed by atoms with van der Waals surface area (Å²) in [6.45, 7) is 3.67. The van der Waals surface area contributed by atoms with Gasteiger partial charge < -0.3 is 4.74 Å². The molecule has 2 heteroatoms. The Morgan fingerprint density at radius 1 is 0.957 bits per heavy atom. The van der Waals surface area contributed by atoms with Crippen LogP contribution in [0.4, 0.5) is 0 Å². The molecule has 0 aromatic heterocycles. The SMILES string of the molecule is C=CC(=O)OCc1cccc(Cc2cccc3ccccc23)c1. The number of rotatable bonds is 5. The van der Waals surface area contributed by atoms with Crippen LogP contribution >= 0.6 is 0 Å². The summed E-state index contributed by atoms with van der Waals surface area (Å²) in [5, 5.41) is 2.53. The van der Waals surface area contributed by atoms with Gasteiger partial charge in [-0.15, -0.1) is 0 Å². The van der Waals surface area contributed by atoms with Crippen LogP contribution in [0.5, 0.6) is 0 Å². The summed E-state index contributed by atoms with van der Waals surface area (Å²) in [6, 6.07) is 22.9. The Kier molecular flexibility index (Phi) is 4.53. The van der Waals surface area contributed by atoms with E-state index in [1.807, 2.05) is 12.1 Å². The zero-order chi connectivity index (χ0) is 16.1. The van der Waals surface area contributed by atoms with Crippen molar-refractivity contribution in [2.24, 2.45) is 0 Å². The van der Waals surface area contributed by atoms with Gasteiger partial charge in [0.1, 0.15) is 6.61 Å². The van der Waals surface area contributed by atoms with Crippen molar-refractivity contribution < 1.29 is 9.53 Å². The third-order valence-corrected chi connectivity index (χ3v) is 3.81. The number of ether oxygens (including phenoxy) is 1. The molecule has 0 aliphatic carbocycles. The Morgan fingerprint density at radius 2 is 1.70 bits per heavy atom. The van der Waals surface area contributed by atoms with Crippen LogP contribution < -0.4 is 0 Å². The van der Waals surface area contributed by atoms with E-state index in [0.717, 1.165) is 12.0 Å². The lowest BCUT2D eigenvalue weighted by Gasteiger charge is -2.09. The van der Waals surface area contributed by atoms with E-state index in [0.29, 0.717) is 0 Å². The molecule has 2 nitrogen and oxygen atoms in total. The van der Waals surface area contributed by atoms with Gasteiger partial charge >= 0.3 is 5.97 Å². The summed E-state index contributed by atoms with van der Waals surface area (Å²) in [5.41, 5.74) is 3.48. The van der Waals surface area contributed by atoms with Crippen molar-refractivity contribution in [2.75, 3.05) is 0 Å². The molecule has 0 aliphatic heterocycles. The first-order chi connectivity index (χ1) is 11.3. The third kappa shape index (κ3) is 3.67. The molecule has 0 amide bonds. The zero-order valence-corrected chi connectivity index (χ0v) is 12.9. The summed E-state index contributed by atoms with van der Waals surface area (Å²) in [4.78, 5) is 11.2. The fourth-order valence-electron chi connectivity index (χ4n) is 2.71. The molecule has 0 aliphatic rings. The van der Waals surface area contributed by atoms with Gasteiger partial charge in [0.2, 0.25) is 0 Å². The second kappa shape index (κ2) is 6.93. The second-order valence-electron chi connectivity index (χ2n) is 5.45. The van der Waals surface area contributed by atoms with Gasteiger partial charge in [-0.05, 0) is 33.9 Å². The fraction of sp³-hybridized carbons (Fsp3) is 0.0952. The third-order valence-electron chi connectivity index (χ3n) is 3.81. The number of hydrogen-bond acceptors (Lipinski definition) is 2. The number of hydrogen-bond donors (Lipinski definition) is 0. The van der Waals surface area contributed by atoms with E-state index in [2.05, 4.69) is 61.2 Å². The smallest absolute Gasteiger partial charge is 0.330 e. The highest BCUT2D eigenvalue weighted by Gasteiger charge is 2.04. The van der Waals surface area contributed by atoms with Gasteiger partial charge in [-0.25, -0.2) is 4.79 Å². The first-order valence-electron chi connectivity index (χ1n) is 7.60. The predicted molar refractivity (Wildman–Crippen MR) is 93.2 cm³/mol. The van der Waals surface area contributed by atoms with E-state index in [-0.39, 0.29) is 6.61 Å². The number of carbonyl (C=O) groups excluding carboxylic acids is 1. The highest BCUT2D eigenvalue weighted by atomic mass is 16.5. The molecule has 3 aromatic carbocycles. The molecule has 3 aromatic rings. The topological polar surface area (TPSA) is 26.3 Å². The summed E-state index contributed by atoms with van der Waals surface area (Å²) >= 11 is 0. The summed E-state index contributed by atoms with van der Waals surface area (Å²) in [5.74, 6) is -0.399. The summed E-state index contributed by atoms with van der Waals surface area (Å²) in [6.07, 6.45) is 2.03. The van der Waals surface area contributed by atoms with E-state index in [4.69, 9.17) is 4.74 Å². The van der Waals surface area contributed by atoms with Crippen LogP contribution in [0, 0.1) is 0 Å². The molecule has 0 heterocycles. The predicted octanol–water partition coefficient (Wildman–Crippen LogP) is 4.66. The molecular formula is C21H18O2. The lowest BCUT2D eigenvalue weighted by atomic mass is 9.98. The van der Waals surface area contributed by atoms with Crippen LogP contribution in [0.1, 0.15) is 16.7 Å². The first kappa shape index (κ1) is 15.0. The van der Waals surface area contributed by atoms with E-state index >= 15 is 0 Å². The van der Waals surface area contributed by atoms with Crippen molar-refractivity contribution in [3.63, 3.8) is 0 Å². The highest BCUT2D eigenvalue weighted by molar-refractivity contribution is 5.86. The minimum Gasteiger partial charge on any atom is -0.458 e. The molecule has 114 valence electrons. The van der Waals surface area contributed by atoms with Gasteiger partial charge in [0.25, 0.3) is 0 Å². The van der Waals surface area contributed by atoms with Gasteiger partial charge in [0, 0.05) is 6.08 Å². The largest absolute Gasteiger partial charge is 0.458 e. The van der Waals surface area contributed by atoms with Crippen LogP contribution in [0.3, 0.4) is 0 Å². The monoisotopic (exact) mass is 302 g/mol. The number of fused-ring (bicyclic) bond motifs is 1. The van der Waals surface area contributed by atoms with Gasteiger partial charge in [-0.3, -0.25) is 0 Å². The minimum atomic E-state index is -0.399. The van der Waals surface area contributed by atoms with Gasteiger partial charge in [0.15, 0.2) is 0 Å². The normalized spacial score (nSPS) is 10.4. The molecule has 0 fully saturated rings.